The molecule has 1 aliphatic heterocycles. The van der Waals surface area contributed by atoms with Crippen LogP contribution in [0.3, 0.4) is 0 Å². The molecule has 0 bridgehead atoms. The number of aromatic nitrogens is 1. The first-order valence-electron chi connectivity index (χ1n) is 8.97. The minimum absolute atomic E-state index is 0.218. The van der Waals surface area contributed by atoms with Crippen LogP contribution in [0.2, 0.25) is 0 Å². The summed E-state index contributed by atoms with van der Waals surface area (Å²) in [6.07, 6.45) is 4.10. The summed E-state index contributed by atoms with van der Waals surface area (Å²) in [5.41, 5.74) is 4.01. The lowest BCUT2D eigenvalue weighted by Crippen LogP contribution is -2.41. The zero-order chi connectivity index (χ0) is 18.7. The maximum absolute atomic E-state index is 12.3. The second-order valence-electron chi connectivity index (χ2n) is 6.99. The quantitative estimate of drug-likeness (QED) is 0.886. The SMILES string of the molecule is Cc1ccc(NC(=O)NC(=O)CN2CCCC2c2cccn2C)c(C)c1. The minimum atomic E-state index is -0.489. The third-order valence-corrected chi connectivity index (χ3v) is 4.92. The molecule has 6 nitrogen and oxygen atoms in total. The average Bonchev–Trinajstić information content (AvgIpc) is 3.18. The highest BCUT2D eigenvalue weighted by Crippen LogP contribution is 2.31. The van der Waals surface area contributed by atoms with E-state index in [0.717, 1.165) is 30.5 Å². The van der Waals surface area contributed by atoms with Crippen LogP contribution in [0.5, 0.6) is 0 Å². The number of imide groups is 1. The zero-order valence-electron chi connectivity index (χ0n) is 15.6. The lowest BCUT2D eigenvalue weighted by molar-refractivity contribution is -0.121. The van der Waals surface area contributed by atoms with Gasteiger partial charge in [0.15, 0.2) is 0 Å². The molecule has 2 aromatic rings. The van der Waals surface area contributed by atoms with E-state index >= 15 is 0 Å². The standard InChI is InChI=1S/C20H26N4O2/c1-14-8-9-16(15(2)12-14)21-20(26)22-19(25)13-24-11-5-7-18(24)17-6-4-10-23(17)3/h4,6,8-10,12,18H,5,7,11,13H2,1-3H3,(H2,21,22,25,26). The molecule has 2 N–H and O–H groups in total. The van der Waals surface area contributed by atoms with Crippen LogP contribution in [0.1, 0.15) is 35.7 Å². The van der Waals surface area contributed by atoms with Gasteiger partial charge in [-0.1, -0.05) is 17.7 Å². The summed E-state index contributed by atoms with van der Waals surface area (Å²) in [6.45, 7) is 5.01. The molecule has 138 valence electrons. The molecule has 0 aliphatic carbocycles. The predicted molar refractivity (Wildman–Crippen MR) is 102 cm³/mol. The molecule has 3 amide bonds. The van der Waals surface area contributed by atoms with Gasteiger partial charge in [0.05, 0.1) is 12.6 Å². The Kier molecular flexibility index (Phi) is 5.42. The molecule has 1 aromatic carbocycles. The van der Waals surface area contributed by atoms with E-state index in [0.29, 0.717) is 5.69 Å². The zero-order valence-corrected chi connectivity index (χ0v) is 15.6. The fourth-order valence-electron chi connectivity index (χ4n) is 3.63. The number of amides is 3. The van der Waals surface area contributed by atoms with Crippen LogP contribution in [0, 0.1) is 13.8 Å². The molecule has 1 aliphatic rings. The van der Waals surface area contributed by atoms with Crippen molar-refractivity contribution in [1.29, 1.82) is 0 Å². The van der Waals surface area contributed by atoms with Gasteiger partial charge in [0.1, 0.15) is 0 Å². The third-order valence-electron chi connectivity index (χ3n) is 4.92. The van der Waals surface area contributed by atoms with Gasteiger partial charge < -0.3 is 9.88 Å². The maximum Gasteiger partial charge on any atom is 0.325 e. The smallest absolute Gasteiger partial charge is 0.325 e. The van der Waals surface area contributed by atoms with Gasteiger partial charge in [0.2, 0.25) is 5.91 Å². The topological polar surface area (TPSA) is 66.4 Å². The highest BCUT2D eigenvalue weighted by atomic mass is 16.2. The molecule has 6 heteroatoms. The summed E-state index contributed by atoms with van der Waals surface area (Å²) >= 11 is 0. The van der Waals surface area contributed by atoms with E-state index in [1.165, 1.54) is 5.69 Å². The molecule has 1 saturated heterocycles. The molecule has 0 spiro atoms. The summed E-state index contributed by atoms with van der Waals surface area (Å²) in [5, 5.41) is 5.19. The van der Waals surface area contributed by atoms with Crippen molar-refractivity contribution in [3.05, 3.63) is 53.3 Å². The summed E-state index contributed by atoms with van der Waals surface area (Å²) in [5.74, 6) is -0.284. The number of hydrogen-bond acceptors (Lipinski definition) is 3. The average molecular weight is 354 g/mol. The van der Waals surface area contributed by atoms with Crippen LogP contribution < -0.4 is 10.6 Å². The third kappa shape index (κ3) is 4.14. The van der Waals surface area contributed by atoms with Gasteiger partial charge in [0, 0.05) is 24.6 Å². The second kappa shape index (κ2) is 7.74. The van der Waals surface area contributed by atoms with E-state index in [4.69, 9.17) is 0 Å². The number of nitrogens with one attached hydrogen (secondary N) is 2. The number of carbonyl (C=O) groups excluding carboxylic acids is 2. The van der Waals surface area contributed by atoms with E-state index < -0.39 is 6.03 Å². The van der Waals surface area contributed by atoms with Crippen molar-refractivity contribution >= 4 is 17.6 Å². The summed E-state index contributed by atoms with van der Waals surface area (Å²) in [4.78, 5) is 26.6. The molecule has 0 saturated carbocycles. The fourth-order valence-corrected chi connectivity index (χ4v) is 3.63. The van der Waals surface area contributed by atoms with Crippen LogP contribution in [0.25, 0.3) is 0 Å². The molecule has 0 radical (unpaired) electrons. The number of benzene rings is 1. The molecular weight excluding hydrogens is 328 g/mol. The van der Waals surface area contributed by atoms with Crippen LogP contribution in [0.15, 0.2) is 36.5 Å². The molecule has 1 atom stereocenters. The van der Waals surface area contributed by atoms with Gasteiger partial charge >= 0.3 is 6.03 Å². The molecule has 2 heterocycles. The van der Waals surface area contributed by atoms with Crippen molar-refractivity contribution in [2.75, 3.05) is 18.4 Å². The molecule has 26 heavy (non-hydrogen) atoms. The number of nitrogens with zero attached hydrogens (tertiary/aromatic N) is 2. The van der Waals surface area contributed by atoms with E-state index in [1.807, 2.05) is 51.4 Å². The molecule has 1 aromatic heterocycles. The van der Waals surface area contributed by atoms with Gasteiger partial charge in [-0.2, -0.15) is 0 Å². The van der Waals surface area contributed by atoms with Gasteiger partial charge in [0.25, 0.3) is 0 Å². The van der Waals surface area contributed by atoms with Crippen LogP contribution >= 0.6 is 0 Å². The Labute approximate surface area is 154 Å². The normalized spacial score (nSPS) is 17.3. The Morgan fingerprint density at radius 1 is 1.23 bits per heavy atom. The van der Waals surface area contributed by atoms with E-state index in [9.17, 15) is 9.59 Å². The first kappa shape index (κ1) is 18.2. The van der Waals surface area contributed by atoms with Crippen molar-refractivity contribution in [1.82, 2.24) is 14.8 Å². The van der Waals surface area contributed by atoms with E-state index in [-0.39, 0.29) is 18.5 Å². The summed E-state index contributed by atoms with van der Waals surface area (Å²) in [7, 11) is 2.02. The number of rotatable bonds is 4. The Balaban J connectivity index is 1.56. The van der Waals surface area contributed by atoms with Crippen molar-refractivity contribution < 1.29 is 9.59 Å². The minimum Gasteiger partial charge on any atom is -0.353 e. The number of hydrogen-bond donors (Lipinski definition) is 2. The monoisotopic (exact) mass is 354 g/mol. The van der Waals surface area contributed by atoms with Gasteiger partial charge in [-0.3, -0.25) is 15.0 Å². The number of anilines is 1. The number of carbonyl (C=O) groups is 2. The Bertz CT molecular complexity index is 812. The van der Waals surface area contributed by atoms with Crippen molar-refractivity contribution in [3.8, 4) is 0 Å². The van der Waals surface area contributed by atoms with Gasteiger partial charge in [-0.05, 0) is 57.0 Å². The highest BCUT2D eigenvalue weighted by Gasteiger charge is 2.29. The van der Waals surface area contributed by atoms with Gasteiger partial charge in [-0.25, -0.2) is 4.79 Å². The molecular formula is C20H26N4O2. The lowest BCUT2D eigenvalue weighted by Gasteiger charge is -2.24. The second-order valence-corrected chi connectivity index (χ2v) is 6.99. The van der Waals surface area contributed by atoms with Crippen molar-refractivity contribution in [2.24, 2.45) is 7.05 Å². The highest BCUT2D eigenvalue weighted by molar-refractivity contribution is 6.02. The first-order chi connectivity index (χ1) is 12.4. The Hall–Kier alpha value is -2.60. The molecule has 3 rings (SSSR count). The van der Waals surface area contributed by atoms with Crippen LogP contribution in [0.4, 0.5) is 10.5 Å². The first-order valence-corrected chi connectivity index (χ1v) is 8.97. The number of likely N-dealkylation sites (tertiary alicyclic amines) is 1. The Morgan fingerprint density at radius 2 is 2.04 bits per heavy atom. The van der Waals surface area contributed by atoms with Crippen LogP contribution in [-0.4, -0.2) is 34.5 Å². The largest absolute Gasteiger partial charge is 0.353 e. The summed E-state index contributed by atoms with van der Waals surface area (Å²) in [6, 6.07) is 9.61. The van der Waals surface area contributed by atoms with Crippen LogP contribution in [-0.2, 0) is 11.8 Å². The van der Waals surface area contributed by atoms with Gasteiger partial charge in [-0.15, -0.1) is 0 Å². The fraction of sp³-hybridized carbons (Fsp3) is 0.400. The summed E-state index contributed by atoms with van der Waals surface area (Å²) < 4.78 is 2.09. The lowest BCUT2D eigenvalue weighted by atomic mass is 10.1. The number of urea groups is 1. The van der Waals surface area contributed by atoms with E-state index in [2.05, 4.69) is 26.2 Å². The van der Waals surface area contributed by atoms with Crippen molar-refractivity contribution in [3.63, 3.8) is 0 Å². The Morgan fingerprint density at radius 3 is 2.73 bits per heavy atom. The maximum atomic E-state index is 12.3. The molecule has 1 unspecified atom stereocenters. The van der Waals surface area contributed by atoms with E-state index in [1.54, 1.807) is 0 Å². The predicted octanol–water partition coefficient (Wildman–Crippen LogP) is 3.13. The molecule has 1 fully saturated rings. The van der Waals surface area contributed by atoms with Crippen molar-refractivity contribution in [2.45, 2.75) is 32.7 Å². The number of aryl methyl sites for hydroxylation is 3.